The summed E-state index contributed by atoms with van der Waals surface area (Å²) in [5.41, 5.74) is 1.73. The van der Waals surface area contributed by atoms with Gasteiger partial charge in [0.1, 0.15) is 0 Å². The summed E-state index contributed by atoms with van der Waals surface area (Å²) in [5.74, 6) is 0.691. The number of alkyl halides is 1. The smallest absolute Gasteiger partial charge is 0.252 e. The molecule has 20 heavy (non-hydrogen) atoms. The number of hydrogen-bond acceptors (Lipinski definition) is 1. The Morgan fingerprint density at radius 2 is 2.25 bits per heavy atom. The Morgan fingerprint density at radius 1 is 1.50 bits per heavy atom. The third-order valence-corrected chi connectivity index (χ3v) is 5.86. The molecule has 0 saturated heterocycles. The molecule has 1 amide bonds. The van der Waals surface area contributed by atoms with Gasteiger partial charge in [0.05, 0.1) is 11.1 Å². The van der Waals surface area contributed by atoms with Crippen molar-refractivity contribution in [2.24, 2.45) is 5.92 Å². The van der Waals surface area contributed by atoms with Crippen LogP contribution in [-0.4, -0.2) is 16.8 Å². The van der Waals surface area contributed by atoms with Crippen LogP contribution in [0, 0.1) is 12.8 Å². The number of carbonyl (C=O) groups is 1. The highest BCUT2D eigenvalue weighted by molar-refractivity contribution is 9.10. The van der Waals surface area contributed by atoms with E-state index >= 15 is 0 Å². The Balaban J connectivity index is 2.19. The molecule has 0 radical (unpaired) electrons. The van der Waals surface area contributed by atoms with E-state index in [1.54, 1.807) is 0 Å². The van der Waals surface area contributed by atoms with Crippen LogP contribution in [0.2, 0.25) is 0 Å². The third kappa shape index (κ3) is 3.64. The first-order chi connectivity index (χ1) is 9.46. The maximum Gasteiger partial charge on any atom is 0.252 e. The molecular weight excluding hydrogens is 382 g/mol. The fourth-order valence-corrected chi connectivity index (χ4v) is 4.13. The van der Waals surface area contributed by atoms with Gasteiger partial charge in [-0.2, -0.15) is 0 Å². The van der Waals surface area contributed by atoms with Gasteiger partial charge in [0.25, 0.3) is 5.91 Å². The maximum absolute atomic E-state index is 12.6. The zero-order valence-corrected chi connectivity index (χ0v) is 15.2. The number of hydrogen-bond donors (Lipinski definition) is 1. The number of nitrogens with one attached hydrogen (secondary N) is 1. The number of carbonyl (C=O) groups excluding carboxylic acids is 1. The van der Waals surface area contributed by atoms with E-state index in [-0.39, 0.29) is 11.4 Å². The predicted octanol–water partition coefficient (Wildman–Crippen LogP) is 4.83. The van der Waals surface area contributed by atoms with Gasteiger partial charge in [0.2, 0.25) is 0 Å². The summed E-state index contributed by atoms with van der Waals surface area (Å²) in [5, 5.41) is 4.10. The van der Waals surface area contributed by atoms with Crippen molar-refractivity contribution >= 4 is 37.8 Å². The highest BCUT2D eigenvalue weighted by Gasteiger charge is 2.35. The lowest BCUT2D eigenvalue weighted by Crippen LogP contribution is -2.52. The molecule has 0 aliphatic heterocycles. The SMILES string of the molecule is Cc1ccc(Br)c(C(=O)NC2(CBr)CCCC(C)C2)c1. The first kappa shape index (κ1) is 16.0. The molecule has 2 atom stereocenters. The summed E-state index contributed by atoms with van der Waals surface area (Å²) in [4.78, 5) is 12.6. The Kier molecular flexibility index (Phi) is 5.30. The summed E-state index contributed by atoms with van der Waals surface area (Å²) in [7, 11) is 0. The van der Waals surface area contributed by atoms with E-state index in [9.17, 15) is 4.79 Å². The molecule has 2 rings (SSSR count). The molecule has 1 fully saturated rings. The molecule has 0 aromatic heterocycles. The minimum Gasteiger partial charge on any atom is -0.346 e. The number of halogens is 2. The van der Waals surface area contributed by atoms with E-state index in [4.69, 9.17) is 0 Å². The van der Waals surface area contributed by atoms with E-state index in [1.165, 1.54) is 12.8 Å². The van der Waals surface area contributed by atoms with Gasteiger partial charge in [-0.1, -0.05) is 47.3 Å². The second-order valence-electron chi connectivity index (χ2n) is 6.05. The van der Waals surface area contributed by atoms with Crippen LogP contribution in [0.4, 0.5) is 0 Å². The standard InChI is InChI=1S/C16H21Br2NO/c1-11-5-6-14(18)13(8-11)15(20)19-16(10-17)7-3-4-12(2)9-16/h5-6,8,12H,3-4,7,9-10H2,1-2H3,(H,19,20). The van der Waals surface area contributed by atoms with Crippen molar-refractivity contribution < 1.29 is 4.79 Å². The number of benzene rings is 1. The van der Waals surface area contributed by atoms with Crippen molar-refractivity contribution in [1.82, 2.24) is 5.32 Å². The fraction of sp³-hybridized carbons (Fsp3) is 0.562. The molecule has 2 unspecified atom stereocenters. The monoisotopic (exact) mass is 401 g/mol. The second-order valence-corrected chi connectivity index (χ2v) is 7.47. The van der Waals surface area contributed by atoms with Crippen LogP contribution in [0.1, 0.15) is 48.5 Å². The predicted molar refractivity (Wildman–Crippen MR) is 90.5 cm³/mol. The van der Waals surface area contributed by atoms with Crippen molar-refractivity contribution in [2.45, 2.75) is 45.1 Å². The lowest BCUT2D eigenvalue weighted by Gasteiger charge is -2.39. The van der Waals surface area contributed by atoms with Gasteiger partial charge < -0.3 is 5.32 Å². The maximum atomic E-state index is 12.6. The van der Waals surface area contributed by atoms with Crippen molar-refractivity contribution in [3.63, 3.8) is 0 Å². The van der Waals surface area contributed by atoms with Gasteiger partial charge in [-0.05, 0) is 53.7 Å². The molecule has 0 heterocycles. The fourth-order valence-electron chi connectivity index (χ4n) is 3.05. The summed E-state index contributed by atoms with van der Waals surface area (Å²) in [6.07, 6.45) is 4.55. The van der Waals surface area contributed by atoms with Gasteiger partial charge in [-0.25, -0.2) is 0 Å². The molecular formula is C16H21Br2NO. The number of aryl methyl sites for hydroxylation is 1. The van der Waals surface area contributed by atoms with E-state index in [0.717, 1.165) is 33.8 Å². The minimum atomic E-state index is -0.0993. The van der Waals surface area contributed by atoms with Crippen LogP contribution < -0.4 is 5.32 Å². The van der Waals surface area contributed by atoms with E-state index in [0.29, 0.717) is 5.92 Å². The van der Waals surface area contributed by atoms with E-state index in [2.05, 4.69) is 44.1 Å². The van der Waals surface area contributed by atoms with Gasteiger partial charge in [-0.15, -0.1) is 0 Å². The third-order valence-electron chi connectivity index (χ3n) is 4.09. The van der Waals surface area contributed by atoms with Crippen LogP contribution in [0.5, 0.6) is 0 Å². The lowest BCUT2D eigenvalue weighted by atomic mass is 9.77. The molecule has 1 aromatic carbocycles. The highest BCUT2D eigenvalue weighted by Crippen LogP contribution is 2.34. The molecule has 4 heteroatoms. The Labute approximate surface area is 138 Å². The molecule has 1 aliphatic rings. The molecule has 1 saturated carbocycles. The lowest BCUT2D eigenvalue weighted by molar-refractivity contribution is 0.0868. The van der Waals surface area contributed by atoms with Gasteiger partial charge in [0, 0.05) is 9.80 Å². The van der Waals surface area contributed by atoms with Crippen LogP contribution in [0.25, 0.3) is 0 Å². The topological polar surface area (TPSA) is 29.1 Å². The molecule has 1 N–H and O–H groups in total. The molecule has 0 spiro atoms. The van der Waals surface area contributed by atoms with Gasteiger partial charge in [-0.3, -0.25) is 4.79 Å². The van der Waals surface area contributed by atoms with Crippen molar-refractivity contribution in [2.75, 3.05) is 5.33 Å². The minimum absolute atomic E-state index is 0.0223. The van der Waals surface area contributed by atoms with Crippen LogP contribution in [-0.2, 0) is 0 Å². The van der Waals surface area contributed by atoms with Gasteiger partial charge in [0.15, 0.2) is 0 Å². The van der Waals surface area contributed by atoms with Crippen molar-refractivity contribution in [3.05, 3.63) is 33.8 Å². The second kappa shape index (κ2) is 6.61. The molecule has 2 nitrogen and oxygen atoms in total. The first-order valence-corrected chi connectivity index (χ1v) is 9.02. The Hall–Kier alpha value is -0.350. The molecule has 1 aromatic rings. The molecule has 110 valence electrons. The average Bonchev–Trinajstić information content (AvgIpc) is 2.41. The summed E-state index contributed by atoms with van der Waals surface area (Å²) in [6.45, 7) is 4.28. The van der Waals surface area contributed by atoms with Crippen LogP contribution in [0.3, 0.4) is 0 Å². The quantitative estimate of drug-likeness (QED) is 0.720. The Morgan fingerprint density at radius 3 is 2.90 bits per heavy atom. The average molecular weight is 403 g/mol. The van der Waals surface area contributed by atoms with Crippen LogP contribution in [0.15, 0.2) is 22.7 Å². The number of rotatable bonds is 3. The van der Waals surface area contributed by atoms with Crippen molar-refractivity contribution in [1.29, 1.82) is 0 Å². The normalized spacial score (nSPS) is 26.3. The van der Waals surface area contributed by atoms with E-state index in [1.807, 2.05) is 25.1 Å². The molecule has 1 aliphatic carbocycles. The van der Waals surface area contributed by atoms with Crippen LogP contribution >= 0.6 is 31.9 Å². The zero-order valence-electron chi connectivity index (χ0n) is 12.0. The van der Waals surface area contributed by atoms with E-state index < -0.39 is 0 Å². The summed E-state index contributed by atoms with van der Waals surface area (Å²) in [6, 6.07) is 5.88. The highest BCUT2D eigenvalue weighted by atomic mass is 79.9. The zero-order chi connectivity index (χ0) is 14.8. The largest absolute Gasteiger partial charge is 0.346 e. The summed E-state index contributed by atoms with van der Waals surface area (Å²) >= 11 is 7.08. The van der Waals surface area contributed by atoms with Crippen molar-refractivity contribution in [3.8, 4) is 0 Å². The molecule has 0 bridgehead atoms. The first-order valence-electron chi connectivity index (χ1n) is 7.10. The number of amides is 1. The Bertz CT molecular complexity index is 503. The van der Waals surface area contributed by atoms with Gasteiger partial charge >= 0.3 is 0 Å². The summed E-state index contributed by atoms with van der Waals surface area (Å²) < 4.78 is 0.856.